The third-order valence-corrected chi connectivity index (χ3v) is 3.04. The number of hydrogen-bond acceptors (Lipinski definition) is 4. The molecular weight excluding hydrogens is 299 g/mol. The highest BCUT2D eigenvalue weighted by molar-refractivity contribution is 7.16. The summed E-state index contributed by atoms with van der Waals surface area (Å²) in [6.07, 6.45) is -4.72. The zero-order chi connectivity index (χ0) is 15.3. The number of carboxylic acids is 1. The molecule has 0 aromatic carbocycles. The van der Waals surface area contributed by atoms with E-state index in [1.54, 1.807) is 6.92 Å². The van der Waals surface area contributed by atoms with Gasteiger partial charge in [-0.3, -0.25) is 4.79 Å². The lowest BCUT2D eigenvalue weighted by atomic mass is 10.3. The highest BCUT2D eigenvalue weighted by Gasteiger charge is 2.27. The fourth-order valence-electron chi connectivity index (χ4n) is 1.31. The van der Waals surface area contributed by atoms with Gasteiger partial charge < -0.3 is 15.2 Å². The van der Waals surface area contributed by atoms with Crippen LogP contribution < -0.4 is 5.32 Å². The Labute approximate surface area is 116 Å². The molecule has 1 amide bonds. The van der Waals surface area contributed by atoms with E-state index in [4.69, 9.17) is 5.11 Å². The number of carbonyl (C=O) groups excluding carboxylic acids is 1. The van der Waals surface area contributed by atoms with Gasteiger partial charge in [0.25, 0.3) is 0 Å². The number of amides is 1. The van der Waals surface area contributed by atoms with Gasteiger partial charge in [-0.2, -0.15) is 13.2 Å². The van der Waals surface area contributed by atoms with Crippen LogP contribution in [-0.2, 0) is 9.53 Å². The van der Waals surface area contributed by atoms with Gasteiger partial charge in [-0.25, -0.2) is 4.79 Å². The number of carbonyl (C=O) groups is 2. The second-order valence-electron chi connectivity index (χ2n) is 3.87. The van der Waals surface area contributed by atoms with Crippen molar-refractivity contribution in [1.82, 2.24) is 0 Å². The molecule has 20 heavy (non-hydrogen) atoms. The number of aryl methyl sites for hydroxylation is 1. The number of aromatic carboxylic acids is 1. The molecule has 1 aromatic rings. The van der Waals surface area contributed by atoms with Gasteiger partial charge in [0.05, 0.1) is 18.6 Å². The number of halogens is 3. The minimum atomic E-state index is -4.43. The van der Waals surface area contributed by atoms with E-state index >= 15 is 0 Å². The maximum Gasteiger partial charge on any atom is 0.411 e. The van der Waals surface area contributed by atoms with E-state index in [0.29, 0.717) is 4.88 Å². The van der Waals surface area contributed by atoms with Crippen molar-refractivity contribution in [3.05, 3.63) is 16.5 Å². The van der Waals surface area contributed by atoms with Gasteiger partial charge in [0, 0.05) is 4.88 Å². The Bertz CT molecular complexity index is 498. The molecule has 0 aliphatic heterocycles. The van der Waals surface area contributed by atoms with E-state index in [2.05, 4.69) is 10.1 Å². The molecule has 2 N–H and O–H groups in total. The van der Waals surface area contributed by atoms with Gasteiger partial charge in [-0.15, -0.1) is 11.3 Å². The summed E-state index contributed by atoms with van der Waals surface area (Å²) in [7, 11) is 0. The number of nitrogens with one attached hydrogen (secondary N) is 1. The number of thiophene rings is 1. The monoisotopic (exact) mass is 311 g/mol. The third-order valence-electron chi connectivity index (χ3n) is 2.08. The van der Waals surface area contributed by atoms with Crippen LogP contribution in [0.25, 0.3) is 0 Å². The second kappa shape index (κ2) is 6.71. The average molecular weight is 311 g/mol. The van der Waals surface area contributed by atoms with Crippen LogP contribution in [0.15, 0.2) is 6.07 Å². The minimum absolute atomic E-state index is 0.0444. The van der Waals surface area contributed by atoms with Crippen LogP contribution in [0.2, 0.25) is 0 Å². The Balaban J connectivity index is 2.45. The van der Waals surface area contributed by atoms with Crippen molar-refractivity contribution in [3.63, 3.8) is 0 Å². The zero-order valence-corrected chi connectivity index (χ0v) is 11.2. The number of anilines is 1. The molecule has 0 unspecified atom stereocenters. The molecular formula is C11H12F3NO4S. The molecule has 1 aromatic heterocycles. The first-order valence-electron chi connectivity index (χ1n) is 5.47. The number of rotatable bonds is 6. The van der Waals surface area contributed by atoms with Crippen LogP contribution in [0.1, 0.15) is 21.7 Å². The van der Waals surface area contributed by atoms with Crippen molar-refractivity contribution in [3.8, 4) is 0 Å². The lowest BCUT2D eigenvalue weighted by Gasteiger charge is -2.07. The Morgan fingerprint density at radius 3 is 2.65 bits per heavy atom. The van der Waals surface area contributed by atoms with Gasteiger partial charge in [-0.1, -0.05) is 0 Å². The highest BCUT2D eigenvalue weighted by Crippen LogP contribution is 2.27. The smallest absolute Gasteiger partial charge is 0.411 e. The number of hydrogen-bond donors (Lipinski definition) is 2. The summed E-state index contributed by atoms with van der Waals surface area (Å²) < 4.78 is 39.6. The fourth-order valence-corrected chi connectivity index (χ4v) is 2.23. The van der Waals surface area contributed by atoms with Crippen LogP contribution in [-0.4, -0.2) is 36.4 Å². The van der Waals surface area contributed by atoms with Crippen LogP contribution in [0, 0.1) is 6.92 Å². The maximum absolute atomic E-state index is 11.8. The average Bonchev–Trinajstić information content (AvgIpc) is 2.64. The van der Waals surface area contributed by atoms with E-state index < -0.39 is 31.3 Å². The van der Waals surface area contributed by atoms with Crippen LogP contribution in [0.5, 0.6) is 0 Å². The van der Waals surface area contributed by atoms with Gasteiger partial charge in [0.1, 0.15) is 11.6 Å². The van der Waals surface area contributed by atoms with Crippen LogP contribution >= 0.6 is 11.3 Å². The SMILES string of the molecule is Cc1cc(C(=O)O)c(NC(=O)CCOCC(F)(F)F)s1. The molecule has 112 valence electrons. The summed E-state index contributed by atoms with van der Waals surface area (Å²) in [5.74, 6) is -1.78. The van der Waals surface area contributed by atoms with Crippen LogP contribution in [0.3, 0.4) is 0 Å². The summed E-state index contributed by atoms with van der Waals surface area (Å²) >= 11 is 1.08. The summed E-state index contributed by atoms with van der Waals surface area (Å²) in [5, 5.41) is 11.4. The van der Waals surface area contributed by atoms with Gasteiger partial charge >= 0.3 is 12.1 Å². The molecule has 0 spiro atoms. The largest absolute Gasteiger partial charge is 0.478 e. The van der Waals surface area contributed by atoms with Crippen molar-refractivity contribution in [2.24, 2.45) is 0 Å². The molecule has 1 rings (SSSR count). The molecule has 5 nitrogen and oxygen atoms in total. The molecule has 9 heteroatoms. The second-order valence-corrected chi connectivity index (χ2v) is 5.13. The highest BCUT2D eigenvalue weighted by atomic mass is 32.1. The van der Waals surface area contributed by atoms with E-state index in [1.165, 1.54) is 6.07 Å². The molecule has 0 atom stereocenters. The van der Waals surface area contributed by atoms with Crippen molar-refractivity contribution in [2.45, 2.75) is 19.5 Å². The first-order chi connectivity index (χ1) is 9.19. The number of carboxylic acid groups (broad SMARTS) is 1. The normalized spacial score (nSPS) is 11.4. The Hall–Kier alpha value is -1.61. The van der Waals surface area contributed by atoms with Crippen molar-refractivity contribution >= 4 is 28.2 Å². The summed E-state index contributed by atoms with van der Waals surface area (Å²) in [6.45, 7) is -0.129. The maximum atomic E-state index is 11.8. The molecule has 0 bridgehead atoms. The Kier molecular flexibility index (Phi) is 5.52. The van der Waals surface area contributed by atoms with Gasteiger partial charge in [-0.05, 0) is 13.0 Å². The van der Waals surface area contributed by atoms with Crippen molar-refractivity contribution in [1.29, 1.82) is 0 Å². The van der Waals surface area contributed by atoms with E-state index in [1.807, 2.05) is 0 Å². The Morgan fingerprint density at radius 1 is 1.45 bits per heavy atom. The van der Waals surface area contributed by atoms with E-state index in [9.17, 15) is 22.8 Å². The summed E-state index contributed by atoms with van der Waals surface area (Å²) in [6, 6.07) is 1.41. The molecule has 0 radical (unpaired) electrons. The summed E-state index contributed by atoms with van der Waals surface area (Å²) in [4.78, 5) is 23.1. The quantitative estimate of drug-likeness (QED) is 0.792. The van der Waals surface area contributed by atoms with Crippen molar-refractivity contribution in [2.75, 3.05) is 18.5 Å². The molecule has 0 saturated carbocycles. The lowest BCUT2D eigenvalue weighted by molar-refractivity contribution is -0.174. The lowest BCUT2D eigenvalue weighted by Crippen LogP contribution is -2.20. The first kappa shape index (κ1) is 16.4. The molecule has 0 aliphatic carbocycles. The summed E-state index contributed by atoms with van der Waals surface area (Å²) in [5.41, 5.74) is -0.0444. The minimum Gasteiger partial charge on any atom is -0.478 e. The zero-order valence-electron chi connectivity index (χ0n) is 10.4. The number of ether oxygens (including phenoxy) is 1. The molecule has 0 aliphatic rings. The topological polar surface area (TPSA) is 75.6 Å². The first-order valence-corrected chi connectivity index (χ1v) is 6.29. The Morgan fingerprint density at radius 2 is 2.10 bits per heavy atom. The van der Waals surface area contributed by atoms with E-state index in [0.717, 1.165) is 11.3 Å². The third kappa shape index (κ3) is 5.57. The molecule has 0 fully saturated rings. The fraction of sp³-hybridized carbons (Fsp3) is 0.455. The molecule has 1 heterocycles. The van der Waals surface area contributed by atoms with Gasteiger partial charge in [0.15, 0.2) is 0 Å². The van der Waals surface area contributed by atoms with Crippen LogP contribution in [0.4, 0.5) is 18.2 Å². The predicted octanol–water partition coefficient (Wildman–Crippen LogP) is 2.66. The van der Waals surface area contributed by atoms with Crippen molar-refractivity contribution < 1.29 is 32.6 Å². The molecule has 0 saturated heterocycles. The standard InChI is InChI=1S/C11H12F3NO4S/c1-6-4-7(10(17)18)9(20-6)15-8(16)2-3-19-5-11(12,13)14/h4H,2-3,5H2,1H3,(H,15,16)(H,17,18). The van der Waals surface area contributed by atoms with E-state index in [-0.39, 0.29) is 17.0 Å². The number of alkyl halides is 3. The predicted molar refractivity (Wildman–Crippen MR) is 66.1 cm³/mol. The van der Waals surface area contributed by atoms with Gasteiger partial charge in [0.2, 0.25) is 5.91 Å².